The lowest BCUT2D eigenvalue weighted by atomic mass is 9.96. The number of ether oxygens (including phenoxy) is 1. The second kappa shape index (κ2) is 8.71. The zero-order chi connectivity index (χ0) is 19.3. The van der Waals surface area contributed by atoms with Gasteiger partial charge in [-0.05, 0) is 43.0 Å². The number of carbonyl (C=O) groups is 1. The highest BCUT2D eigenvalue weighted by molar-refractivity contribution is 5.95. The lowest BCUT2D eigenvalue weighted by Crippen LogP contribution is -2.46. The lowest BCUT2D eigenvalue weighted by molar-refractivity contribution is 0.0224. The number of likely N-dealkylation sites (tertiary alicyclic amines) is 1. The SMILES string of the molecule is Nc1cccc(-c2cccc(C(=O)N3CCCC(CN4CCOCC4)C3)c2)n1. The molecule has 2 fully saturated rings. The molecule has 1 amide bonds. The number of rotatable bonds is 4. The fourth-order valence-corrected chi connectivity index (χ4v) is 4.15. The van der Waals surface area contributed by atoms with Crippen LogP contribution in [0, 0.1) is 5.92 Å². The Bertz CT molecular complexity index is 820. The van der Waals surface area contributed by atoms with E-state index in [2.05, 4.69) is 9.88 Å². The fraction of sp³-hybridized carbons (Fsp3) is 0.455. The molecule has 0 spiro atoms. The summed E-state index contributed by atoms with van der Waals surface area (Å²) < 4.78 is 5.44. The predicted octanol–water partition coefficient (Wildman–Crippen LogP) is 2.52. The van der Waals surface area contributed by atoms with Crippen LogP contribution in [0.5, 0.6) is 0 Å². The van der Waals surface area contributed by atoms with Crippen molar-refractivity contribution in [2.45, 2.75) is 12.8 Å². The first-order valence-electron chi connectivity index (χ1n) is 10.1. The van der Waals surface area contributed by atoms with Crippen molar-refractivity contribution in [3.63, 3.8) is 0 Å². The molecule has 4 rings (SSSR count). The Morgan fingerprint density at radius 2 is 1.96 bits per heavy atom. The van der Waals surface area contributed by atoms with Gasteiger partial charge in [0.2, 0.25) is 0 Å². The third-order valence-corrected chi connectivity index (χ3v) is 5.60. The number of morpholine rings is 1. The Morgan fingerprint density at radius 3 is 2.79 bits per heavy atom. The van der Waals surface area contributed by atoms with Crippen LogP contribution in [0.4, 0.5) is 5.82 Å². The summed E-state index contributed by atoms with van der Waals surface area (Å²) in [6.07, 6.45) is 2.26. The minimum atomic E-state index is 0.109. The van der Waals surface area contributed by atoms with Crippen molar-refractivity contribution in [1.82, 2.24) is 14.8 Å². The number of benzene rings is 1. The molecule has 2 N–H and O–H groups in total. The second-order valence-electron chi connectivity index (χ2n) is 7.70. The molecule has 6 heteroatoms. The maximum absolute atomic E-state index is 13.1. The van der Waals surface area contributed by atoms with Crippen LogP contribution >= 0.6 is 0 Å². The molecule has 148 valence electrons. The van der Waals surface area contributed by atoms with E-state index in [1.165, 1.54) is 6.42 Å². The Morgan fingerprint density at radius 1 is 1.14 bits per heavy atom. The maximum atomic E-state index is 13.1. The van der Waals surface area contributed by atoms with Crippen molar-refractivity contribution >= 4 is 11.7 Å². The third-order valence-electron chi connectivity index (χ3n) is 5.60. The average molecular weight is 380 g/mol. The van der Waals surface area contributed by atoms with Crippen LogP contribution in [0.15, 0.2) is 42.5 Å². The zero-order valence-corrected chi connectivity index (χ0v) is 16.2. The quantitative estimate of drug-likeness (QED) is 0.882. The van der Waals surface area contributed by atoms with E-state index in [-0.39, 0.29) is 5.91 Å². The van der Waals surface area contributed by atoms with Gasteiger partial charge >= 0.3 is 0 Å². The first kappa shape index (κ1) is 18.9. The molecule has 2 aliphatic rings. The number of nitrogen functional groups attached to an aromatic ring is 1. The number of anilines is 1. The highest BCUT2D eigenvalue weighted by Crippen LogP contribution is 2.23. The highest BCUT2D eigenvalue weighted by atomic mass is 16.5. The number of amides is 1. The van der Waals surface area contributed by atoms with Crippen LogP contribution in [0.1, 0.15) is 23.2 Å². The number of pyridine rings is 1. The Labute approximate surface area is 166 Å². The summed E-state index contributed by atoms with van der Waals surface area (Å²) in [6, 6.07) is 13.3. The van der Waals surface area contributed by atoms with Gasteiger partial charge in [0.05, 0.1) is 18.9 Å². The van der Waals surface area contributed by atoms with Gasteiger partial charge < -0.3 is 15.4 Å². The van der Waals surface area contributed by atoms with Gasteiger partial charge in [0.15, 0.2) is 0 Å². The van der Waals surface area contributed by atoms with Crippen molar-refractivity contribution < 1.29 is 9.53 Å². The molecule has 2 aliphatic heterocycles. The molecule has 0 bridgehead atoms. The van der Waals surface area contributed by atoms with Gasteiger partial charge in [-0.3, -0.25) is 9.69 Å². The van der Waals surface area contributed by atoms with Crippen LogP contribution in [0.2, 0.25) is 0 Å². The van der Waals surface area contributed by atoms with Gasteiger partial charge in [-0.25, -0.2) is 4.98 Å². The van der Waals surface area contributed by atoms with Gasteiger partial charge in [0, 0.05) is 43.9 Å². The van der Waals surface area contributed by atoms with Crippen molar-refractivity contribution in [2.75, 3.05) is 51.7 Å². The number of aromatic nitrogens is 1. The number of piperidine rings is 1. The fourth-order valence-electron chi connectivity index (χ4n) is 4.15. The van der Waals surface area contributed by atoms with Crippen LogP contribution in [-0.4, -0.2) is 66.6 Å². The molecule has 0 saturated carbocycles. The van der Waals surface area contributed by atoms with E-state index in [1.54, 1.807) is 6.07 Å². The monoisotopic (exact) mass is 380 g/mol. The molecule has 0 radical (unpaired) electrons. The van der Waals surface area contributed by atoms with E-state index < -0.39 is 0 Å². The molecule has 2 aromatic rings. The summed E-state index contributed by atoms with van der Waals surface area (Å²) >= 11 is 0. The summed E-state index contributed by atoms with van der Waals surface area (Å²) in [6.45, 7) is 6.36. The van der Waals surface area contributed by atoms with Crippen LogP contribution in [-0.2, 0) is 4.74 Å². The largest absolute Gasteiger partial charge is 0.384 e. The predicted molar refractivity (Wildman–Crippen MR) is 110 cm³/mol. The van der Waals surface area contributed by atoms with Gasteiger partial charge in [0.25, 0.3) is 5.91 Å². The van der Waals surface area contributed by atoms with Crippen molar-refractivity contribution in [1.29, 1.82) is 0 Å². The summed E-state index contributed by atoms with van der Waals surface area (Å²) in [5.74, 6) is 1.13. The van der Waals surface area contributed by atoms with E-state index in [4.69, 9.17) is 10.5 Å². The first-order valence-corrected chi connectivity index (χ1v) is 10.1. The molecule has 0 aliphatic carbocycles. The molecule has 1 unspecified atom stereocenters. The van der Waals surface area contributed by atoms with Crippen molar-refractivity contribution in [3.05, 3.63) is 48.0 Å². The van der Waals surface area contributed by atoms with E-state index in [1.807, 2.05) is 41.3 Å². The lowest BCUT2D eigenvalue weighted by Gasteiger charge is -2.36. The van der Waals surface area contributed by atoms with Gasteiger partial charge in [-0.15, -0.1) is 0 Å². The summed E-state index contributed by atoms with van der Waals surface area (Å²) in [7, 11) is 0. The third kappa shape index (κ3) is 4.51. The molecule has 2 saturated heterocycles. The first-order chi connectivity index (χ1) is 13.7. The summed E-state index contributed by atoms with van der Waals surface area (Å²) in [5.41, 5.74) is 8.23. The molecule has 1 aromatic heterocycles. The molecular formula is C22H28N4O2. The Hall–Kier alpha value is -2.44. The average Bonchev–Trinajstić information content (AvgIpc) is 2.74. The number of nitrogens with zero attached hydrogens (tertiary/aromatic N) is 3. The van der Waals surface area contributed by atoms with Crippen LogP contribution < -0.4 is 5.73 Å². The normalized spacial score (nSPS) is 20.9. The molecule has 1 aromatic carbocycles. The van der Waals surface area contributed by atoms with Crippen molar-refractivity contribution in [3.8, 4) is 11.3 Å². The van der Waals surface area contributed by atoms with Crippen LogP contribution in [0.3, 0.4) is 0 Å². The van der Waals surface area contributed by atoms with E-state index >= 15 is 0 Å². The Balaban J connectivity index is 1.44. The minimum Gasteiger partial charge on any atom is -0.384 e. The minimum absolute atomic E-state index is 0.109. The number of hydrogen-bond donors (Lipinski definition) is 1. The molecule has 6 nitrogen and oxygen atoms in total. The number of carbonyl (C=O) groups excluding carboxylic acids is 1. The van der Waals surface area contributed by atoms with Gasteiger partial charge in [-0.1, -0.05) is 18.2 Å². The maximum Gasteiger partial charge on any atom is 0.253 e. The number of nitrogens with two attached hydrogens (primary N) is 1. The molecule has 3 heterocycles. The molecule has 28 heavy (non-hydrogen) atoms. The van der Waals surface area contributed by atoms with Crippen LogP contribution in [0.25, 0.3) is 11.3 Å². The molecular weight excluding hydrogens is 352 g/mol. The van der Waals surface area contributed by atoms with E-state index in [9.17, 15) is 4.79 Å². The van der Waals surface area contributed by atoms with E-state index in [0.717, 1.165) is 63.6 Å². The topological polar surface area (TPSA) is 71.7 Å². The second-order valence-corrected chi connectivity index (χ2v) is 7.70. The van der Waals surface area contributed by atoms with Crippen molar-refractivity contribution in [2.24, 2.45) is 5.92 Å². The molecule has 1 atom stereocenters. The van der Waals surface area contributed by atoms with Gasteiger partial charge in [0.1, 0.15) is 5.82 Å². The highest BCUT2D eigenvalue weighted by Gasteiger charge is 2.26. The summed E-state index contributed by atoms with van der Waals surface area (Å²) in [4.78, 5) is 22.0. The standard InChI is InChI=1S/C22H28N4O2/c23-21-8-2-7-20(24-21)18-5-1-6-19(14-18)22(27)26-9-3-4-17(16-26)15-25-10-12-28-13-11-25/h1-2,5-8,14,17H,3-4,9-13,15-16H2,(H2,23,24). The zero-order valence-electron chi connectivity index (χ0n) is 16.2. The Kier molecular flexibility index (Phi) is 5.88. The number of hydrogen-bond acceptors (Lipinski definition) is 5. The smallest absolute Gasteiger partial charge is 0.253 e. The van der Waals surface area contributed by atoms with E-state index in [0.29, 0.717) is 17.3 Å². The summed E-state index contributed by atoms with van der Waals surface area (Å²) in [5, 5.41) is 0. The van der Waals surface area contributed by atoms with Gasteiger partial charge in [-0.2, -0.15) is 0 Å².